The normalized spacial score (nSPS) is 10.8. The number of aryl methyl sites for hydroxylation is 1. The molecule has 2 aromatic carbocycles. The molecule has 1 aromatic heterocycles. The van der Waals surface area contributed by atoms with Crippen molar-refractivity contribution in [2.24, 2.45) is 4.36 Å². The second-order valence-corrected chi connectivity index (χ2v) is 7.13. The fourth-order valence-corrected chi connectivity index (χ4v) is 3.14. The third kappa shape index (κ3) is 5.04. The highest BCUT2D eigenvalue weighted by Gasteiger charge is 2.14. The minimum Gasteiger partial charge on any atom is -0.481 e. The standard InChI is InChI=1S/C21H22FN5O2S/c1-4-13-7-15(27-30)9-17-20(13)21(24-11-23-17)26-16-6-5-14(22)8-18(16)29-10-19(28)25-12(2)3/h5-9,11-12H,4,10H2,1-3H3,(H,25,28)(H,23,24,26). The smallest absolute Gasteiger partial charge is 0.258 e. The lowest BCUT2D eigenvalue weighted by atomic mass is 10.1. The van der Waals surface area contributed by atoms with E-state index >= 15 is 0 Å². The van der Waals surface area contributed by atoms with Crippen molar-refractivity contribution >= 4 is 46.4 Å². The van der Waals surface area contributed by atoms with Crippen LogP contribution in [0.4, 0.5) is 21.6 Å². The summed E-state index contributed by atoms with van der Waals surface area (Å²) in [5, 5.41) is 6.73. The molecule has 0 aliphatic carbocycles. The van der Waals surface area contributed by atoms with Crippen molar-refractivity contribution in [1.29, 1.82) is 0 Å². The SMILES string of the molecule is CCc1cc(N=S)cc2ncnc(Nc3ccc(F)cc3OCC(=O)NC(C)C)c12. The number of ether oxygens (including phenoxy) is 1. The van der Waals surface area contributed by atoms with Gasteiger partial charge in [-0.25, -0.2) is 14.4 Å². The number of aromatic nitrogens is 2. The first-order valence-electron chi connectivity index (χ1n) is 9.51. The molecular formula is C21H22FN5O2S. The highest BCUT2D eigenvalue weighted by atomic mass is 32.1. The van der Waals surface area contributed by atoms with Gasteiger partial charge < -0.3 is 15.4 Å². The zero-order valence-corrected chi connectivity index (χ0v) is 17.7. The third-order valence-corrected chi connectivity index (χ3v) is 4.51. The van der Waals surface area contributed by atoms with Gasteiger partial charge >= 0.3 is 0 Å². The first-order chi connectivity index (χ1) is 14.4. The van der Waals surface area contributed by atoms with Crippen LogP contribution in [0.1, 0.15) is 26.3 Å². The number of carbonyl (C=O) groups is 1. The molecule has 9 heteroatoms. The van der Waals surface area contributed by atoms with Gasteiger partial charge in [0, 0.05) is 29.9 Å². The van der Waals surface area contributed by atoms with E-state index < -0.39 is 5.82 Å². The monoisotopic (exact) mass is 427 g/mol. The molecule has 0 aliphatic heterocycles. The Hall–Kier alpha value is -3.20. The zero-order chi connectivity index (χ0) is 21.7. The lowest BCUT2D eigenvalue weighted by molar-refractivity contribution is -0.123. The first kappa shape index (κ1) is 21.5. The van der Waals surface area contributed by atoms with Gasteiger partial charge in [-0.15, -0.1) is 0 Å². The molecule has 3 aromatic rings. The van der Waals surface area contributed by atoms with Crippen molar-refractivity contribution in [1.82, 2.24) is 15.3 Å². The quantitative estimate of drug-likeness (QED) is 0.556. The minimum atomic E-state index is -0.474. The molecule has 0 aliphatic rings. The van der Waals surface area contributed by atoms with Crippen molar-refractivity contribution in [3.05, 3.63) is 48.0 Å². The van der Waals surface area contributed by atoms with Gasteiger partial charge in [-0.3, -0.25) is 4.79 Å². The average Bonchev–Trinajstić information content (AvgIpc) is 2.72. The van der Waals surface area contributed by atoms with E-state index in [1.807, 2.05) is 26.8 Å². The Balaban J connectivity index is 1.95. The molecule has 0 atom stereocenters. The average molecular weight is 428 g/mol. The molecule has 0 saturated carbocycles. The van der Waals surface area contributed by atoms with Gasteiger partial charge in [0.2, 0.25) is 0 Å². The maximum atomic E-state index is 13.8. The molecule has 2 N–H and O–H groups in total. The molecule has 0 saturated heterocycles. The Morgan fingerprint density at radius 3 is 2.77 bits per heavy atom. The van der Waals surface area contributed by atoms with Gasteiger partial charge in [0.15, 0.2) is 6.61 Å². The number of nitrogens with one attached hydrogen (secondary N) is 2. The fourth-order valence-electron chi connectivity index (χ4n) is 3.04. The Morgan fingerprint density at radius 2 is 2.07 bits per heavy atom. The molecule has 3 rings (SSSR count). The second kappa shape index (κ2) is 9.53. The number of rotatable bonds is 8. The van der Waals surface area contributed by atoms with Gasteiger partial charge in [0.1, 0.15) is 23.7 Å². The van der Waals surface area contributed by atoms with Crippen molar-refractivity contribution in [2.75, 3.05) is 11.9 Å². The summed E-state index contributed by atoms with van der Waals surface area (Å²) in [6.45, 7) is 5.48. The minimum absolute atomic E-state index is 0.0159. The van der Waals surface area contributed by atoms with Crippen molar-refractivity contribution in [3.8, 4) is 5.75 Å². The number of hydrogen-bond acceptors (Lipinski definition) is 7. The van der Waals surface area contributed by atoms with Crippen LogP contribution in [0.2, 0.25) is 0 Å². The van der Waals surface area contributed by atoms with Gasteiger partial charge in [0.05, 0.1) is 16.9 Å². The Labute approximate surface area is 179 Å². The van der Waals surface area contributed by atoms with Gasteiger partial charge in [-0.05, 0) is 50.1 Å². The summed E-state index contributed by atoms with van der Waals surface area (Å²) in [5.74, 6) is -0.0220. The molecule has 1 amide bonds. The molecule has 0 unspecified atom stereocenters. The Bertz CT molecular complexity index is 1090. The molecule has 7 nitrogen and oxygen atoms in total. The van der Waals surface area contributed by atoms with Gasteiger partial charge in [-0.2, -0.15) is 4.36 Å². The van der Waals surface area contributed by atoms with Gasteiger partial charge in [-0.1, -0.05) is 6.92 Å². The number of fused-ring (bicyclic) bond motifs is 1. The number of carbonyl (C=O) groups excluding carboxylic acids is 1. The maximum absolute atomic E-state index is 13.8. The summed E-state index contributed by atoms with van der Waals surface area (Å²) < 4.78 is 23.2. The molecule has 0 bridgehead atoms. The van der Waals surface area contributed by atoms with Crippen molar-refractivity contribution < 1.29 is 13.9 Å². The maximum Gasteiger partial charge on any atom is 0.258 e. The van der Waals surface area contributed by atoms with E-state index in [9.17, 15) is 9.18 Å². The highest BCUT2D eigenvalue weighted by Crippen LogP contribution is 2.33. The van der Waals surface area contributed by atoms with Crippen LogP contribution in [0.3, 0.4) is 0 Å². The second-order valence-electron chi connectivity index (χ2n) is 6.94. The summed E-state index contributed by atoms with van der Waals surface area (Å²) in [7, 11) is 0. The summed E-state index contributed by atoms with van der Waals surface area (Å²) in [6.07, 6.45) is 2.15. The number of nitrogens with zero attached hydrogens (tertiary/aromatic N) is 3. The van der Waals surface area contributed by atoms with E-state index in [0.717, 1.165) is 17.4 Å². The molecule has 156 valence electrons. The highest BCUT2D eigenvalue weighted by molar-refractivity contribution is 7.47. The molecule has 0 fully saturated rings. The molecular weight excluding hydrogens is 405 g/mol. The fraction of sp³-hybridized carbons (Fsp3) is 0.286. The topological polar surface area (TPSA) is 88.5 Å². The van der Waals surface area contributed by atoms with E-state index in [0.29, 0.717) is 22.7 Å². The molecule has 1 heterocycles. The summed E-state index contributed by atoms with van der Waals surface area (Å²) >= 11 is 4.81. The summed E-state index contributed by atoms with van der Waals surface area (Å²) in [5.41, 5.74) is 2.80. The molecule has 0 radical (unpaired) electrons. The van der Waals surface area contributed by atoms with Crippen molar-refractivity contribution in [3.63, 3.8) is 0 Å². The summed E-state index contributed by atoms with van der Waals surface area (Å²) in [4.78, 5) is 20.6. The number of benzene rings is 2. The molecule has 0 spiro atoms. The van der Waals surface area contributed by atoms with Crippen LogP contribution in [-0.2, 0) is 23.6 Å². The first-order valence-corrected chi connectivity index (χ1v) is 9.87. The van der Waals surface area contributed by atoms with Crippen LogP contribution in [0.25, 0.3) is 10.9 Å². The largest absolute Gasteiger partial charge is 0.481 e. The number of amides is 1. The van der Waals surface area contributed by atoms with E-state index in [1.165, 1.54) is 24.5 Å². The van der Waals surface area contributed by atoms with Crippen molar-refractivity contribution in [2.45, 2.75) is 33.2 Å². The van der Waals surface area contributed by atoms with Gasteiger partial charge in [0.25, 0.3) is 5.91 Å². The number of halogens is 1. The van der Waals surface area contributed by atoms with Crippen LogP contribution < -0.4 is 15.4 Å². The van der Waals surface area contributed by atoms with Crippen LogP contribution in [-0.4, -0.2) is 28.5 Å². The van der Waals surface area contributed by atoms with Crippen LogP contribution in [0.15, 0.2) is 41.0 Å². The van der Waals surface area contributed by atoms with Crippen LogP contribution in [0.5, 0.6) is 5.75 Å². The third-order valence-electron chi connectivity index (χ3n) is 4.30. The van der Waals surface area contributed by atoms with E-state index in [2.05, 4.69) is 25.0 Å². The van der Waals surface area contributed by atoms with Crippen LogP contribution >= 0.6 is 0 Å². The lowest BCUT2D eigenvalue weighted by Crippen LogP contribution is -2.34. The number of hydrogen-bond donors (Lipinski definition) is 2. The molecule has 30 heavy (non-hydrogen) atoms. The zero-order valence-electron chi connectivity index (χ0n) is 16.9. The predicted molar refractivity (Wildman–Crippen MR) is 117 cm³/mol. The van der Waals surface area contributed by atoms with E-state index in [4.69, 9.17) is 17.2 Å². The lowest BCUT2D eigenvalue weighted by Gasteiger charge is -2.16. The predicted octanol–water partition coefficient (Wildman–Crippen LogP) is 4.34. The van der Waals surface area contributed by atoms with Crippen LogP contribution in [0, 0.1) is 5.82 Å². The Kier molecular flexibility index (Phi) is 6.83. The number of anilines is 2. The summed E-state index contributed by atoms with van der Waals surface area (Å²) in [6, 6.07) is 7.73. The van der Waals surface area contributed by atoms with E-state index in [-0.39, 0.29) is 24.3 Å². The van der Waals surface area contributed by atoms with E-state index in [1.54, 1.807) is 6.07 Å². The Morgan fingerprint density at radius 1 is 1.27 bits per heavy atom.